The van der Waals surface area contributed by atoms with Crippen LogP contribution in [0.5, 0.6) is 0 Å². The van der Waals surface area contributed by atoms with Crippen molar-refractivity contribution in [3.8, 4) is 0 Å². The van der Waals surface area contributed by atoms with Crippen LogP contribution in [0.4, 0.5) is 0 Å². The highest BCUT2D eigenvalue weighted by Crippen LogP contribution is 2.18. The second kappa shape index (κ2) is 13.2. The summed E-state index contributed by atoms with van der Waals surface area (Å²) in [5.41, 5.74) is 0. The number of ether oxygens (including phenoxy) is 1. The molecule has 0 amide bonds. The monoisotopic (exact) mass is 495 g/mol. The number of guanidine groups is 1. The van der Waals surface area contributed by atoms with E-state index in [1.54, 1.807) is 0 Å². The molecule has 0 spiro atoms. The van der Waals surface area contributed by atoms with Crippen molar-refractivity contribution in [2.75, 3.05) is 53.0 Å². The van der Waals surface area contributed by atoms with Crippen LogP contribution in [0.3, 0.4) is 0 Å². The molecular formula is C20H42IN5O. The molecule has 2 rings (SSSR count). The summed E-state index contributed by atoms with van der Waals surface area (Å²) in [6.07, 6.45) is 4.03. The molecule has 2 aliphatic rings. The van der Waals surface area contributed by atoms with Gasteiger partial charge in [0.15, 0.2) is 5.96 Å². The quantitative estimate of drug-likeness (QED) is 0.323. The van der Waals surface area contributed by atoms with Crippen molar-refractivity contribution in [2.24, 2.45) is 10.9 Å². The summed E-state index contributed by atoms with van der Waals surface area (Å²) in [7, 11) is 1.86. The summed E-state index contributed by atoms with van der Waals surface area (Å²) in [6, 6.07) is 1.74. The molecular weight excluding hydrogens is 453 g/mol. The molecule has 2 fully saturated rings. The molecule has 0 radical (unpaired) electrons. The molecule has 3 unspecified atom stereocenters. The Bertz CT molecular complexity index is 429. The fourth-order valence-electron chi connectivity index (χ4n) is 4.25. The van der Waals surface area contributed by atoms with E-state index in [9.17, 15) is 0 Å². The van der Waals surface area contributed by atoms with Crippen molar-refractivity contribution in [1.29, 1.82) is 0 Å². The highest BCUT2D eigenvalue weighted by molar-refractivity contribution is 14.0. The molecule has 2 N–H and O–H groups in total. The van der Waals surface area contributed by atoms with Gasteiger partial charge in [-0.3, -0.25) is 14.8 Å². The first-order chi connectivity index (χ1) is 12.5. The fraction of sp³-hybridized carbons (Fsp3) is 0.950. The van der Waals surface area contributed by atoms with E-state index in [2.05, 4.69) is 53.1 Å². The number of morpholine rings is 1. The summed E-state index contributed by atoms with van der Waals surface area (Å²) < 4.78 is 5.50. The molecule has 27 heavy (non-hydrogen) atoms. The number of hydrogen-bond donors (Lipinski definition) is 2. The zero-order valence-corrected chi connectivity index (χ0v) is 20.4. The Morgan fingerprint density at radius 3 is 2.33 bits per heavy atom. The topological polar surface area (TPSA) is 52.1 Å². The van der Waals surface area contributed by atoms with Gasteiger partial charge in [-0.15, -0.1) is 24.0 Å². The van der Waals surface area contributed by atoms with Crippen LogP contribution in [0.1, 0.15) is 47.0 Å². The van der Waals surface area contributed by atoms with Crippen molar-refractivity contribution in [2.45, 2.75) is 65.1 Å². The van der Waals surface area contributed by atoms with E-state index in [-0.39, 0.29) is 24.0 Å². The minimum Gasteiger partial charge on any atom is -0.379 e. The van der Waals surface area contributed by atoms with Crippen LogP contribution in [-0.4, -0.2) is 86.9 Å². The van der Waals surface area contributed by atoms with Gasteiger partial charge in [-0.25, -0.2) is 0 Å². The fourth-order valence-corrected chi connectivity index (χ4v) is 4.25. The first-order valence-electron chi connectivity index (χ1n) is 10.5. The Kier molecular flexibility index (Phi) is 12.2. The summed E-state index contributed by atoms with van der Waals surface area (Å²) in [4.78, 5) is 9.61. The third kappa shape index (κ3) is 8.03. The lowest BCUT2D eigenvalue weighted by Crippen LogP contribution is -2.54. The number of aliphatic imine (C=N–C) groups is 1. The van der Waals surface area contributed by atoms with Crippen molar-refractivity contribution >= 4 is 29.9 Å². The molecule has 0 aromatic heterocycles. The van der Waals surface area contributed by atoms with Gasteiger partial charge in [0.25, 0.3) is 0 Å². The van der Waals surface area contributed by atoms with Gasteiger partial charge in [-0.05, 0) is 39.2 Å². The van der Waals surface area contributed by atoms with Gasteiger partial charge in [-0.1, -0.05) is 20.3 Å². The number of hydrogen-bond acceptors (Lipinski definition) is 4. The second-order valence-corrected chi connectivity index (χ2v) is 8.23. The van der Waals surface area contributed by atoms with Crippen LogP contribution in [0, 0.1) is 5.92 Å². The molecule has 0 aliphatic carbocycles. The number of nitrogens with one attached hydrogen (secondary N) is 2. The van der Waals surface area contributed by atoms with Gasteiger partial charge in [-0.2, -0.15) is 0 Å². The van der Waals surface area contributed by atoms with Crippen molar-refractivity contribution in [3.05, 3.63) is 0 Å². The minimum absolute atomic E-state index is 0. The molecule has 0 aromatic carbocycles. The summed E-state index contributed by atoms with van der Waals surface area (Å²) in [6.45, 7) is 16.1. The van der Waals surface area contributed by atoms with Gasteiger partial charge in [0.1, 0.15) is 0 Å². The Hall–Kier alpha value is -0.120. The minimum atomic E-state index is 0. The van der Waals surface area contributed by atoms with Crippen LogP contribution < -0.4 is 10.6 Å². The van der Waals surface area contributed by atoms with E-state index < -0.39 is 0 Å². The first kappa shape index (κ1) is 24.9. The Labute approximate surface area is 183 Å². The van der Waals surface area contributed by atoms with Crippen LogP contribution in [0.15, 0.2) is 4.99 Å². The molecule has 7 heteroatoms. The molecule has 2 heterocycles. The third-order valence-corrected chi connectivity index (χ3v) is 5.97. The number of nitrogens with zero attached hydrogens (tertiary/aromatic N) is 3. The zero-order chi connectivity index (χ0) is 18.9. The van der Waals surface area contributed by atoms with Gasteiger partial charge >= 0.3 is 0 Å². The van der Waals surface area contributed by atoms with Gasteiger partial charge in [0, 0.05) is 51.4 Å². The highest BCUT2D eigenvalue weighted by atomic mass is 127. The summed E-state index contributed by atoms with van der Waals surface area (Å²) in [5, 5.41) is 7.09. The Balaban J connectivity index is 0.00000364. The third-order valence-electron chi connectivity index (χ3n) is 5.97. The van der Waals surface area contributed by atoms with Gasteiger partial charge < -0.3 is 15.4 Å². The largest absolute Gasteiger partial charge is 0.379 e. The van der Waals surface area contributed by atoms with Crippen molar-refractivity contribution in [1.82, 2.24) is 20.4 Å². The molecule has 2 saturated heterocycles. The number of piperidine rings is 1. The van der Waals surface area contributed by atoms with E-state index >= 15 is 0 Å². The predicted molar refractivity (Wildman–Crippen MR) is 125 cm³/mol. The molecule has 0 aromatic rings. The second-order valence-electron chi connectivity index (χ2n) is 8.23. The summed E-state index contributed by atoms with van der Waals surface area (Å²) in [5.74, 6) is 1.52. The average molecular weight is 495 g/mol. The normalized spacial score (nSPS) is 25.0. The van der Waals surface area contributed by atoms with E-state index in [1.165, 1.54) is 25.8 Å². The van der Waals surface area contributed by atoms with Gasteiger partial charge in [0.2, 0.25) is 0 Å². The molecule has 6 nitrogen and oxygen atoms in total. The van der Waals surface area contributed by atoms with E-state index in [1.807, 2.05) is 7.05 Å². The number of rotatable bonds is 7. The zero-order valence-electron chi connectivity index (χ0n) is 18.0. The number of likely N-dealkylation sites (tertiary alicyclic amines) is 1. The van der Waals surface area contributed by atoms with Crippen LogP contribution in [0.2, 0.25) is 0 Å². The standard InChI is InChI=1S/C20H41N5O.HI/c1-16(2)19(24-10-12-26-13-11-24)15-23-20(21-5)22-14-18(4)25-9-7-6-8-17(25)3;/h16-19H,6-15H2,1-5H3,(H2,21,22,23);1H. The van der Waals surface area contributed by atoms with Crippen LogP contribution in [-0.2, 0) is 4.74 Å². The maximum Gasteiger partial charge on any atom is 0.191 e. The Morgan fingerprint density at radius 2 is 1.74 bits per heavy atom. The van der Waals surface area contributed by atoms with E-state index in [0.717, 1.165) is 45.4 Å². The lowest BCUT2D eigenvalue weighted by molar-refractivity contribution is 0.00751. The predicted octanol–water partition coefficient (Wildman–Crippen LogP) is 2.39. The molecule has 0 bridgehead atoms. The van der Waals surface area contributed by atoms with E-state index in [0.29, 0.717) is 24.0 Å². The van der Waals surface area contributed by atoms with Crippen LogP contribution in [0.25, 0.3) is 0 Å². The Morgan fingerprint density at radius 1 is 1.07 bits per heavy atom. The highest BCUT2D eigenvalue weighted by Gasteiger charge is 2.25. The van der Waals surface area contributed by atoms with E-state index in [4.69, 9.17) is 4.74 Å². The maximum atomic E-state index is 5.50. The summed E-state index contributed by atoms with van der Waals surface area (Å²) >= 11 is 0. The molecule has 0 saturated carbocycles. The van der Waals surface area contributed by atoms with Crippen LogP contribution >= 0.6 is 24.0 Å². The van der Waals surface area contributed by atoms with Crippen molar-refractivity contribution < 1.29 is 4.74 Å². The average Bonchev–Trinajstić information content (AvgIpc) is 2.65. The molecule has 3 atom stereocenters. The van der Waals surface area contributed by atoms with Gasteiger partial charge in [0.05, 0.1) is 13.2 Å². The molecule has 2 aliphatic heterocycles. The lowest BCUT2D eigenvalue weighted by Gasteiger charge is -2.38. The molecule has 160 valence electrons. The first-order valence-corrected chi connectivity index (χ1v) is 10.5. The SMILES string of the molecule is CN=C(NCC(C(C)C)N1CCOCC1)NCC(C)N1CCCCC1C.I. The number of halogens is 1. The van der Waals surface area contributed by atoms with Crippen molar-refractivity contribution in [3.63, 3.8) is 0 Å². The maximum absolute atomic E-state index is 5.50. The lowest BCUT2D eigenvalue weighted by atomic mass is 10.0. The smallest absolute Gasteiger partial charge is 0.191 e.